The first-order valence-electron chi connectivity index (χ1n) is 9.28. The Morgan fingerprint density at radius 2 is 2.11 bits per heavy atom. The molecule has 0 aliphatic carbocycles. The summed E-state index contributed by atoms with van der Waals surface area (Å²) in [5, 5.41) is 0.0712. The van der Waals surface area contributed by atoms with Crippen LogP contribution in [0.3, 0.4) is 0 Å². The second-order valence-corrected chi connectivity index (χ2v) is 8.08. The third kappa shape index (κ3) is 5.01. The van der Waals surface area contributed by atoms with E-state index in [4.69, 9.17) is 4.74 Å². The highest BCUT2D eigenvalue weighted by molar-refractivity contribution is 8.14. The molecular weight excluding hydrogens is 372 g/mol. The van der Waals surface area contributed by atoms with Crippen molar-refractivity contribution in [3.05, 3.63) is 78.1 Å². The van der Waals surface area contributed by atoms with Crippen LogP contribution in [0.5, 0.6) is 0 Å². The van der Waals surface area contributed by atoms with Crippen LogP contribution in [0.2, 0.25) is 0 Å². The van der Waals surface area contributed by atoms with Crippen LogP contribution in [0.4, 0.5) is 4.79 Å². The number of likely N-dealkylation sites (tertiary alicyclic amines) is 1. The number of aromatic nitrogens is 1. The van der Waals surface area contributed by atoms with Crippen molar-refractivity contribution >= 4 is 23.0 Å². The number of hydrogen-bond acceptors (Lipinski definition) is 5. The van der Waals surface area contributed by atoms with Gasteiger partial charge in [0, 0.05) is 35.8 Å². The van der Waals surface area contributed by atoms with Gasteiger partial charge in [-0.15, -0.1) is 0 Å². The molecule has 0 saturated carbocycles. The smallest absolute Gasteiger partial charge is 0.410 e. The summed E-state index contributed by atoms with van der Waals surface area (Å²) in [7, 11) is 0. The maximum absolute atomic E-state index is 12.6. The van der Waals surface area contributed by atoms with E-state index in [9.17, 15) is 9.59 Å². The molecule has 1 fully saturated rings. The quantitative estimate of drug-likeness (QED) is 0.683. The Morgan fingerprint density at radius 3 is 2.82 bits per heavy atom. The number of hydrogen-bond donors (Lipinski definition) is 0. The molecule has 146 valence electrons. The van der Waals surface area contributed by atoms with Gasteiger partial charge >= 0.3 is 6.09 Å². The zero-order valence-corrected chi connectivity index (χ0v) is 16.7. The van der Waals surface area contributed by atoms with Gasteiger partial charge in [0.25, 0.3) is 0 Å². The number of amides is 1. The molecule has 2 aromatic rings. The van der Waals surface area contributed by atoms with Crippen LogP contribution in [0, 0.1) is 6.92 Å². The number of benzene rings is 1. The standard InChI is InChI=1S/C22H24N2O3S/c1-3-11-27-22(26)24-15-20(28-21(25)17-7-5-4-6-8-17)13-19(24)12-18-9-10-23-14-16(18)2/h3-10,14,19-20H,1,11-13,15H2,2H3/t19-,20-/m1/s1. The molecule has 0 radical (unpaired) electrons. The molecule has 1 aliphatic heterocycles. The van der Waals surface area contributed by atoms with Crippen LogP contribution in [0.1, 0.15) is 27.9 Å². The Hall–Kier alpha value is -2.60. The predicted molar refractivity (Wildman–Crippen MR) is 111 cm³/mol. The van der Waals surface area contributed by atoms with E-state index in [1.165, 1.54) is 11.8 Å². The van der Waals surface area contributed by atoms with Crippen molar-refractivity contribution in [2.24, 2.45) is 0 Å². The first-order chi connectivity index (χ1) is 13.6. The Morgan fingerprint density at radius 1 is 1.32 bits per heavy atom. The molecule has 28 heavy (non-hydrogen) atoms. The molecule has 0 bridgehead atoms. The van der Waals surface area contributed by atoms with E-state index in [2.05, 4.69) is 11.6 Å². The molecule has 5 nitrogen and oxygen atoms in total. The van der Waals surface area contributed by atoms with E-state index in [0.717, 1.165) is 17.5 Å². The third-order valence-corrected chi connectivity index (χ3v) is 5.94. The normalized spacial score (nSPS) is 18.7. The number of thioether (sulfide) groups is 1. The number of carbonyl (C=O) groups is 2. The first-order valence-corrected chi connectivity index (χ1v) is 10.2. The van der Waals surface area contributed by atoms with Gasteiger partial charge in [0.05, 0.1) is 0 Å². The molecule has 1 saturated heterocycles. The lowest BCUT2D eigenvalue weighted by molar-refractivity contribution is 0.107. The van der Waals surface area contributed by atoms with Crippen LogP contribution >= 0.6 is 11.8 Å². The molecule has 1 amide bonds. The van der Waals surface area contributed by atoms with Gasteiger partial charge in [-0.25, -0.2) is 4.79 Å². The lowest BCUT2D eigenvalue weighted by Gasteiger charge is -2.24. The van der Waals surface area contributed by atoms with Gasteiger partial charge in [0.1, 0.15) is 6.61 Å². The van der Waals surface area contributed by atoms with Gasteiger partial charge in [0.2, 0.25) is 5.12 Å². The van der Waals surface area contributed by atoms with Gasteiger partial charge in [0.15, 0.2) is 0 Å². The number of rotatable bonds is 6. The highest BCUT2D eigenvalue weighted by Crippen LogP contribution is 2.32. The monoisotopic (exact) mass is 396 g/mol. The minimum absolute atomic E-state index is 0.0144. The summed E-state index contributed by atoms with van der Waals surface area (Å²) in [6, 6.07) is 11.2. The summed E-state index contributed by atoms with van der Waals surface area (Å²) in [5.74, 6) is 0. The summed E-state index contributed by atoms with van der Waals surface area (Å²) in [5.41, 5.74) is 2.93. The summed E-state index contributed by atoms with van der Waals surface area (Å²) in [6.07, 6.45) is 6.26. The molecule has 0 spiro atoms. The fourth-order valence-electron chi connectivity index (χ4n) is 3.37. The zero-order chi connectivity index (χ0) is 19.9. The Labute approximate surface area is 169 Å². The number of ether oxygens (including phenoxy) is 1. The number of pyridine rings is 1. The summed E-state index contributed by atoms with van der Waals surface area (Å²) < 4.78 is 5.27. The Bertz CT molecular complexity index is 841. The predicted octanol–water partition coefficient (Wildman–Crippen LogP) is 4.27. The van der Waals surface area contributed by atoms with E-state index < -0.39 is 0 Å². The zero-order valence-electron chi connectivity index (χ0n) is 15.9. The molecule has 2 heterocycles. The van der Waals surface area contributed by atoms with Crippen molar-refractivity contribution in [1.29, 1.82) is 0 Å². The number of aryl methyl sites for hydroxylation is 1. The fraction of sp³-hybridized carbons (Fsp3) is 0.318. The van der Waals surface area contributed by atoms with E-state index in [1.807, 2.05) is 49.5 Å². The van der Waals surface area contributed by atoms with Gasteiger partial charge in [-0.3, -0.25) is 9.78 Å². The van der Waals surface area contributed by atoms with Crippen molar-refractivity contribution in [3.63, 3.8) is 0 Å². The van der Waals surface area contributed by atoms with Crippen molar-refractivity contribution in [2.75, 3.05) is 13.2 Å². The van der Waals surface area contributed by atoms with E-state index in [1.54, 1.807) is 17.2 Å². The molecule has 0 N–H and O–H groups in total. The van der Waals surface area contributed by atoms with Crippen molar-refractivity contribution in [3.8, 4) is 0 Å². The minimum atomic E-state index is -0.355. The van der Waals surface area contributed by atoms with Gasteiger partial charge in [-0.1, -0.05) is 54.7 Å². The van der Waals surface area contributed by atoms with Crippen LogP contribution in [0.15, 0.2) is 61.4 Å². The van der Waals surface area contributed by atoms with Gasteiger partial charge < -0.3 is 9.64 Å². The lowest BCUT2D eigenvalue weighted by atomic mass is 10.0. The van der Waals surface area contributed by atoms with Gasteiger partial charge in [-0.05, 0) is 37.0 Å². The first kappa shape index (κ1) is 20.1. The molecule has 0 unspecified atom stereocenters. The second-order valence-electron chi connectivity index (χ2n) is 6.81. The SMILES string of the molecule is C=CCOC(=O)N1C[C@H](SC(=O)c2ccccc2)C[C@H]1Cc1ccncc1C. The molecule has 2 atom stereocenters. The summed E-state index contributed by atoms with van der Waals surface area (Å²) in [6.45, 7) is 6.28. The summed E-state index contributed by atoms with van der Waals surface area (Å²) in [4.78, 5) is 31.0. The van der Waals surface area contributed by atoms with Crippen LogP contribution in [0.25, 0.3) is 0 Å². The molecule has 1 aliphatic rings. The minimum Gasteiger partial charge on any atom is -0.445 e. The molecule has 1 aromatic carbocycles. The number of carbonyl (C=O) groups excluding carboxylic acids is 2. The highest BCUT2D eigenvalue weighted by atomic mass is 32.2. The van der Waals surface area contributed by atoms with Crippen LogP contribution in [-0.2, 0) is 11.2 Å². The van der Waals surface area contributed by atoms with E-state index in [0.29, 0.717) is 18.5 Å². The Kier molecular flexibility index (Phi) is 6.87. The molecule has 3 rings (SSSR count). The number of nitrogens with zero attached hydrogens (tertiary/aromatic N) is 2. The van der Waals surface area contributed by atoms with Gasteiger partial charge in [-0.2, -0.15) is 0 Å². The molecule has 1 aromatic heterocycles. The maximum Gasteiger partial charge on any atom is 0.410 e. The maximum atomic E-state index is 12.6. The average molecular weight is 397 g/mol. The lowest BCUT2D eigenvalue weighted by Crippen LogP contribution is -2.37. The van der Waals surface area contributed by atoms with E-state index in [-0.39, 0.29) is 29.1 Å². The largest absolute Gasteiger partial charge is 0.445 e. The van der Waals surface area contributed by atoms with Crippen LogP contribution < -0.4 is 0 Å². The average Bonchev–Trinajstić information content (AvgIpc) is 3.10. The fourth-order valence-corrected chi connectivity index (χ4v) is 4.50. The van der Waals surface area contributed by atoms with Crippen molar-refractivity contribution < 1.29 is 14.3 Å². The molecule has 6 heteroatoms. The van der Waals surface area contributed by atoms with Crippen molar-refractivity contribution in [2.45, 2.75) is 31.1 Å². The third-order valence-electron chi connectivity index (χ3n) is 4.81. The summed E-state index contributed by atoms with van der Waals surface area (Å²) >= 11 is 1.30. The Balaban J connectivity index is 1.72. The topological polar surface area (TPSA) is 59.5 Å². The van der Waals surface area contributed by atoms with Crippen molar-refractivity contribution in [1.82, 2.24) is 9.88 Å². The van der Waals surface area contributed by atoms with Crippen LogP contribution in [-0.4, -0.2) is 45.5 Å². The second kappa shape index (κ2) is 9.55. The highest BCUT2D eigenvalue weighted by Gasteiger charge is 2.37. The molecular formula is C22H24N2O3S. The van der Waals surface area contributed by atoms with E-state index >= 15 is 0 Å².